The number of aromatic nitrogens is 2. The standard InChI is InChI=1S/C28H31FN4O4/c1-17-16-32(10-11-37-17)8-9-33-25-22(12-19(15-30-25)18-2-4-20(29)5-3-18)24(34)23(27(33)36)26(35)31-21-13-28(14-21)6-7-28/h2-5,12,15,17,21,34H,6-11,13-14,16H2,1H3,(H,31,35)/t17-/m0/s1. The number of morpholine rings is 1. The number of fused-ring (bicyclic) bond motifs is 1. The van der Waals surface area contributed by atoms with Crippen molar-refractivity contribution in [3.8, 4) is 16.9 Å². The van der Waals surface area contributed by atoms with Crippen LogP contribution in [0.15, 0.2) is 41.3 Å². The van der Waals surface area contributed by atoms with Gasteiger partial charge in [-0.1, -0.05) is 12.1 Å². The van der Waals surface area contributed by atoms with Gasteiger partial charge in [0.2, 0.25) is 0 Å². The largest absolute Gasteiger partial charge is 0.506 e. The Hall–Kier alpha value is -3.30. The van der Waals surface area contributed by atoms with Gasteiger partial charge in [-0.25, -0.2) is 9.37 Å². The fourth-order valence-electron chi connectivity index (χ4n) is 5.79. The molecule has 1 atom stereocenters. The summed E-state index contributed by atoms with van der Waals surface area (Å²) in [5.74, 6) is -1.27. The number of ether oxygens (including phenoxy) is 1. The van der Waals surface area contributed by atoms with E-state index >= 15 is 0 Å². The summed E-state index contributed by atoms with van der Waals surface area (Å²) >= 11 is 0. The quantitative estimate of drug-likeness (QED) is 0.533. The highest BCUT2D eigenvalue weighted by Crippen LogP contribution is 2.60. The molecule has 2 aliphatic carbocycles. The molecule has 0 unspecified atom stereocenters. The van der Waals surface area contributed by atoms with Gasteiger partial charge >= 0.3 is 0 Å². The van der Waals surface area contributed by atoms with Crippen LogP contribution in [0.2, 0.25) is 0 Å². The Morgan fingerprint density at radius 2 is 1.97 bits per heavy atom. The first-order valence-corrected chi connectivity index (χ1v) is 13.0. The van der Waals surface area contributed by atoms with Crippen LogP contribution in [0.1, 0.15) is 43.0 Å². The van der Waals surface area contributed by atoms with E-state index in [0.29, 0.717) is 47.3 Å². The molecule has 6 rings (SSSR count). The number of hydrogen-bond donors (Lipinski definition) is 2. The Balaban J connectivity index is 1.38. The molecule has 1 spiro atoms. The highest BCUT2D eigenvalue weighted by atomic mass is 19.1. The van der Waals surface area contributed by atoms with E-state index in [-0.39, 0.29) is 29.3 Å². The molecular formula is C28H31FN4O4. The topological polar surface area (TPSA) is 96.7 Å². The molecular weight excluding hydrogens is 475 g/mol. The fourth-order valence-corrected chi connectivity index (χ4v) is 5.79. The Bertz CT molecular complexity index is 1410. The summed E-state index contributed by atoms with van der Waals surface area (Å²) in [6, 6.07) is 7.70. The molecule has 3 heterocycles. The van der Waals surface area contributed by atoms with Crippen molar-refractivity contribution in [1.29, 1.82) is 0 Å². The minimum Gasteiger partial charge on any atom is -0.506 e. The molecule has 8 nitrogen and oxygen atoms in total. The number of amides is 1. The van der Waals surface area contributed by atoms with Gasteiger partial charge in [-0.05, 0) is 61.8 Å². The van der Waals surface area contributed by atoms with Crippen LogP contribution in [0, 0.1) is 11.2 Å². The van der Waals surface area contributed by atoms with Gasteiger partial charge in [0.15, 0.2) is 0 Å². The Morgan fingerprint density at radius 3 is 2.68 bits per heavy atom. The van der Waals surface area contributed by atoms with Crippen molar-refractivity contribution in [2.45, 2.75) is 51.3 Å². The lowest BCUT2D eigenvalue weighted by Crippen LogP contribution is -2.47. The van der Waals surface area contributed by atoms with Gasteiger partial charge in [0.1, 0.15) is 22.8 Å². The number of nitrogens with one attached hydrogen (secondary N) is 1. The number of pyridine rings is 2. The Kier molecular flexibility index (Phi) is 6.00. The molecule has 194 valence electrons. The summed E-state index contributed by atoms with van der Waals surface area (Å²) in [6.07, 6.45) is 5.96. The van der Waals surface area contributed by atoms with Crippen LogP contribution in [-0.4, -0.2) is 63.9 Å². The van der Waals surface area contributed by atoms with Crippen LogP contribution in [0.5, 0.6) is 5.75 Å². The molecule has 37 heavy (non-hydrogen) atoms. The van der Waals surface area contributed by atoms with Crippen LogP contribution in [0.3, 0.4) is 0 Å². The smallest absolute Gasteiger partial charge is 0.268 e. The molecule has 0 radical (unpaired) electrons. The van der Waals surface area contributed by atoms with E-state index in [9.17, 15) is 19.1 Å². The third kappa shape index (κ3) is 4.62. The first-order valence-electron chi connectivity index (χ1n) is 13.0. The normalized spacial score (nSPS) is 21.2. The maximum atomic E-state index is 13.6. The van der Waals surface area contributed by atoms with Crippen molar-refractivity contribution < 1.29 is 19.0 Å². The number of halogens is 1. The van der Waals surface area contributed by atoms with E-state index in [4.69, 9.17) is 4.74 Å². The van der Waals surface area contributed by atoms with Crippen LogP contribution < -0.4 is 10.9 Å². The van der Waals surface area contributed by atoms with Crippen molar-refractivity contribution >= 4 is 16.9 Å². The summed E-state index contributed by atoms with van der Waals surface area (Å²) in [4.78, 5) is 33.7. The molecule has 9 heteroatoms. The second-order valence-electron chi connectivity index (χ2n) is 10.8. The number of carbonyl (C=O) groups excluding carboxylic acids is 1. The molecule has 0 bridgehead atoms. The van der Waals surface area contributed by atoms with Gasteiger partial charge in [0.05, 0.1) is 18.1 Å². The first-order chi connectivity index (χ1) is 17.8. The lowest BCUT2D eigenvalue weighted by atomic mass is 9.77. The van der Waals surface area contributed by atoms with Crippen LogP contribution in [0.4, 0.5) is 4.39 Å². The Morgan fingerprint density at radius 1 is 1.22 bits per heavy atom. The number of nitrogens with zero attached hydrogens (tertiary/aromatic N) is 3. The number of carbonyl (C=O) groups is 1. The summed E-state index contributed by atoms with van der Waals surface area (Å²) in [7, 11) is 0. The van der Waals surface area contributed by atoms with Gasteiger partial charge in [-0.3, -0.25) is 19.1 Å². The second-order valence-corrected chi connectivity index (χ2v) is 10.8. The Labute approximate surface area is 214 Å². The van der Waals surface area contributed by atoms with Gasteiger partial charge in [0, 0.05) is 44.0 Å². The van der Waals surface area contributed by atoms with E-state index in [1.807, 2.05) is 6.92 Å². The van der Waals surface area contributed by atoms with Crippen molar-refractivity contribution in [3.63, 3.8) is 0 Å². The average molecular weight is 507 g/mol. The first kappa shape index (κ1) is 24.1. The van der Waals surface area contributed by atoms with Gasteiger partial charge in [0.25, 0.3) is 11.5 Å². The molecule has 2 aromatic heterocycles. The number of aromatic hydroxyl groups is 1. The summed E-state index contributed by atoms with van der Waals surface area (Å²) in [5.41, 5.74) is 1.27. The molecule has 2 N–H and O–H groups in total. The van der Waals surface area contributed by atoms with E-state index in [1.54, 1.807) is 24.4 Å². The number of benzene rings is 1. The number of hydrogen-bond acceptors (Lipinski definition) is 6. The zero-order valence-corrected chi connectivity index (χ0v) is 20.9. The zero-order chi connectivity index (χ0) is 25.7. The summed E-state index contributed by atoms with van der Waals surface area (Å²) in [6.45, 7) is 5.06. The molecule has 3 fully saturated rings. The van der Waals surface area contributed by atoms with Crippen molar-refractivity contribution in [2.24, 2.45) is 5.41 Å². The zero-order valence-electron chi connectivity index (χ0n) is 20.9. The van der Waals surface area contributed by atoms with Crippen LogP contribution in [-0.2, 0) is 11.3 Å². The summed E-state index contributed by atoms with van der Waals surface area (Å²) in [5, 5.41) is 14.5. The van der Waals surface area contributed by atoms with Crippen molar-refractivity contribution in [3.05, 3.63) is 58.3 Å². The van der Waals surface area contributed by atoms with Crippen LogP contribution in [0.25, 0.3) is 22.2 Å². The van der Waals surface area contributed by atoms with Crippen molar-refractivity contribution in [2.75, 3.05) is 26.2 Å². The number of rotatable bonds is 6. The van der Waals surface area contributed by atoms with Gasteiger partial charge in [-0.15, -0.1) is 0 Å². The van der Waals surface area contributed by atoms with Gasteiger partial charge in [-0.2, -0.15) is 0 Å². The second kappa shape index (κ2) is 9.22. The van der Waals surface area contributed by atoms with Gasteiger partial charge < -0.3 is 15.2 Å². The predicted octanol–water partition coefficient (Wildman–Crippen LogP) is 3.30. The fraction of sp³-hybridized carbons (Fsp3) is 0.464. The average Bonchev–Trinajstić information content (AvgIpc) is 3.65. The minimum absolute atomic E-state index is 0.0245. The molecule has 1 aliphatic heterocycles. The predicted molar refractivity (Wildman–Crippen MR) is 137 cm³/mol. The van der Waals surface area contributed by atoms with E-state index < -0.39 is 11.5 Å². The van der Waals surface area contributed by atoms with E-state index in [1.165, 1.54) is 29.5 Å². The lowest BCUT2D eigenvalue weighted by molar-refractivity contribution is -0.0191. The van der Waals surface area contributed by atoms with Crippen LogP contribution >= 0.6 is 0 Å². The van der Waals surface area contributed by atoms with E-state index in [0.717, 1.165) is 25.9 Å². The monoisotopic (exact) mass is 506 g/mol. The lowest BCUT2D eigenvalue weighted by Gasteiger charge is -2.36. The maximum absolute atomic E-state index is 13.6. The highest BCUT2D eigenvalue weighted by Gasteiger charge is 2.53. The molecule has 1 saturated heterocycles. The molecule has 2 saturated carbocycles. The molecule has 3 aliphatic rings. The SMILES string of the molecule is C[C@H]1CN(CCn2c(=O)c(C(=O)NC3CC4(CC4)C3)c(O)c3cc(-c4ccc(F)cc4)cnc32)CCO1. The molecule has 1 aromatic carbocycles. The third-order valence-electron chi connectivity index (χ3n) is 8.09. The maximum Gasteiger partial charge on any atom is 0.268 e. The summed E-state index contributed by atoms with van der Waals surface area (Å²) < 4.78 is 20.6. The minimum atomic E-state index is -0.550. The molecule has 3 aromatic rings. The third-order valence-corrected chi connectivity index (χ3v) is 8.09. The van der Waals surface area contributed by atoms with Crippen molar-refractivity contribution in [1.82, 2.24) is 19.8 Å². The highest BCUT2D eigenvalue weighted by molar-refractivity contribution is 6.02. The van der Waals surface area contributed by atoms with E-state index in [2.05, 4.69) is 15.2 Å². The molecule has 1 amide bonds.